The molecule has 1 aromatic carbocycles. The number of carboxylic acid groups (broad SMARTS) is 1. The summed E-state index contributed by atoms with van der Waals surface area (Å²) in [5.41, 5.74) is 0. The lowest BCUT2D eigenvalue weighted by molar-refractivity contribution is -0.135. The third-order valence-corrected chi connectivity index (χ3v) is 2.56. The van der Waals surface area contributed by atoms with Crippen molar-refractivity contribution in [3.05, 3.63) is 30.5 Å². The van der Waals surface area contributed by atoms with Crippen LogP contribution in [0.5, 0.6) is 0 Å². The van der Waals surface area contributed by atoms with Gasteiger partial charge in [-0.2, -0.15) is 5.10 Å². The zero-order valence-electron chi connectivity index (χ0n) is 9.50. The molecular formula is C12H13N3O2. The van der Waals surface area contributed by atoms with Crippen LogP contribution in [-0.2, 0) is 4.79 Å². The number of carboxylic acids is 1. The second-order valence-corrected chi connectivity index (χ2v) is 3.66. The highest BCUT2D eigenvalue weighted by Gasteiger charge is 2.13. The van der Waals surface area contributed by atoms with Gasteiger partial charge in [0, 0.05) is 17.3 Å². The summed E-state index contributed by atoms with van der Waals surface area (Å²) in [5.74, 6) is -0.255. The van der Waals surface area contributed by atoms with E-state index in [4.69, 9.17) is 5.11 Å². The van der Waals surface area contributed by atoms with Gasteiger partial charge in [-0.1, -0.05) is 24.3 Å². The predicted octanol–water partition coefficient (Wildman–Crippen LogP) is 1.54. The van der Waals surface area contributed by atoms with E-state index in [0.29, 0.717) is 12.4 Å². The lowest BCUT2D eigenvalue weighted by atomic mass is 10.2. The maximum atomic E-state index is 10.8. The van der Waals surface area contributed by atoms with Crippen LogP contribution in [0.3, 0.4) is 0 Å². The van der Waals surface area contributed by atoms with Crippen LogP contribution in [0.4, 0.5) is 5.82 Å². The molecule has 0 aliphatic heterocycles. The van der Waals surface area contributed by atoms with Crippen molar-refractivity contribution in [3.8, 4) is 0 Å². The molecule has 0 saturated carbocycles. The number of aromatic nitrogens is 2. The van der Waals surface area contributed by atoms with Gasteiger partial charge in [-0.25, -0.2) is 0 Å². The minimum absolute atomic E-state index is 0.0703. The molecule has 2 rings (SSSR count). The number of anilines is 1. The summed E-state index contributed by atoms with van der Waals surface area (Å²) in [5, 5.41) is 18.7. The van der Waals surface area contributed by atoms with Gasteiger partial charge in [0.05, 0.1) is 6.20 Å². The fraction of sp³-hybridized carbons (Fsp3) is 0.250. The predicted molar refractivity (Wildman–Crippen MR) is 65.1 cm³/mol. The lowest BCUT2D eigenvalue weighted by Gasteiger charge is -2.20. The molecule has 17 heavy (non-hydrogen) atoms. The summed E-state index contributed by atoms with van der Waals surface area (Å²) in [6, 6.07) is 7.68. The molecule has 0 aliphatic rings. The van der Waals surface area contributed by atoms with E-state index in [1.54, 1.807) is 11.1 Å². The van der Waals surface area contributed by atoms with E-state index in [0.717, 1.165) is 10.8 Å². The Balaban J connectivity index is 2.49. The molecule has 2 aromatic rings. The van der Waals surface area contributed by atoms with Gasteiger partial charge in [0.25, 0.3) is 0 Å². The van der Waals surface area contributed by atoms with E-state index in [2.05, 4.69) is 10.2 Å². The zero-order valence-corrected chi connectivity index (χ0v) is 9.50. The van der Waals surface area contributed by atoms with Gasteiger partial charge in [-0.3, -0.25) is 4.79 Å². The molecule has 0 atom stereocenters. The number of hydrogen-bond donors (Lipinski definition) is 1. The van der Waals surface area contributed by atoms with Gasteiger partial charge in [-0.05, 0) is 6.92 Å². The van der Waals surface area contributed by atoms with Crippen molar-refractivity contribution in [1.29, 1.82) is 0 Å². The Bertz CT molecular complexity index is 537. The third kappa shape index (κ3) is 2.33. The van der Waals surface area contributed by atoms with E-state index < -0.39 is 5.97 Å². The van der Waals surface area contributed by atoms with Crippen LogP contribution in [0.2, 0.25) is 0 Å². The maximum absolute atomic E-state index is 10.8. The Hall–Kier alpha value is -2.17. The summed E-state index contributed by atoms with van der Waals surface area (Å²) >= 11 is 0. The highest BCUT2D eigenvalue weighted by atomic mass is 16.4. The van der Waals surface area contributed by atoms with Gasteiger partial charge in [0.1, 0.15) is 6.54 Å². The van der Waals surface area contributed by atoms with Crippen molar-refractivity contribution in [2.75, 3.05) is 18.0 Å². The SMILES string of the molecule is CCN(CC(=O)O)c1nncc2ccccc12. The van der Waals surface area contributed by atoms with Crippen LogP contribution in [0.25, 0.3) is 10.8 Å². The number of nitrogens with zero attached hydrogens (tertiary/aromatic N) is 3. The maximum Gasteiger partial charge on any atom is 0.323 e. The molecule has 0 unspecified atom stereocenters. The number of likely N-dealkylation sites (N-methyl/N-ethyl adjacent to an activating group) is 1. The Morgan fingerprint density at radius 1 is 1.41 bits per heavy atom. The fourth-order valence-electron chi connectivity index (χ4n) is 1.75. The van der Waals surface area contributed by atoms with Crippen molar-refractivity contribution in [1.82, 2.24) is 10.2 Å². The molecule has 0 amide bonds. The average Bonchev–Trinajstić information content (AvgIpc) is 2.35. The average molecular weight is 231 g/mol. The second-order valence-electron chi connectivity index (χ2n) is 3.66. The molecule has 88 valence electrons. The Labute approximate surface area is 98.7 Å². The number of hydrogen-bond acceptors (Lipinski definition) is 4. The molecule has 0 spiro atoms. The molecule has 1 aromatic heterocycles. The molecular weight excluding hydrogens is 218 g/mol. The number of aliphatic carboxylic acids is 1. The minimum atomic E-state index is -0.874. The molecule has 1 heterocycles. The van der Waals surface area contributed by atoms with Gasteiger partial charge in [0.15, 0.2) is 5.82 Å². The molecule has 1 N–H and O–H groups in total. The smallest absolute Gasteiger partial charge is 0.323 e. The number of carbonyl (C=O) groups is 1. The number of rotatable bonds is 4. The molecule has 5 heteroatoms. The van der Waals surface area contributed by atoms with Crippen molar-refractivity contribution in [2.45, 2.75) is 6.92 Å². The Morgan fingerprint density at radius 3 is 2.88 bits per heavy atom. The van der Waals surface area contributed by atoms with E-state index in [9.17, 15) is 4.79 Å². The molecule has 5 nitrogen and oxygen atoms in total. The van der Waals surface area contributed by atoms with Gasteiger partial charge in [-0.15, -0.1) is 5.10 Å². The molecule has 0 fully saturated rings. The quantitative estimate of drug-likeness (QED) is 0.864. The summed E-state index contributed by atoms with van der Waals surface area (Å²) in [7, 11) is 0. The van der Waals surface area contributed by atoms with Gasteiger partial charge >= 0.3 is 5.97 Å². The van der Waals surface area contributed by atoms with Crippen molar-refractivity contribution < 1.29 is 9.90 Å². The van der Waals surface area contributed by atoms with Crippen molar-refractivity contribution in [3.63, 3.8) is 0 Å². The lowest BCUT2D eigenvalue weighted by Crippen LogP contribution is -2.30. The fourth-order valence-corrected chi connectivity index (χ4v) is 1.75. The van der Waals surface area contributed by atoms with E-state index in [1.807, 2.05) is 31.2 Å². The van der Waals surface area contributed by atoms with E-state index in [-0.39, 0.29) is 6.54 Å². The summed E-state index contributed by atoms with van der Waals surface area (Å²) in [6.07, 6.45) is 1.67. The number of fused-ring (bicyclic) bond motifs is 1. The normalized spacial score (nSPS) is 10.4. The summed E-state index contributed by atoms with van der Waals surface area (Å²) in [4.78, 5) is 12.5. The first-order chi connectivity index (χ1) is 8.22. The van der Waals surface area contributed by atoms with Crippen LogP contribution < -0.4 is 4.90 Å². The summed E-state index contributed by atoms with van der Waals surface area (Å²) in [6.45, 7) is 2.40. The first kappa shape index (κ1) is 11.3. The third-order valence-electron chi connectivity index (χ3n) is 2.56. The monoisotopic (exact) mass is 231 g/mol. The highest BCUT2D eigenvalue weighted by Crippen LogP contribution is 2.22. The van der Waals surface area contributed by atoms with Gasteiger partial charge in [0.2, 0.25) is 0 Å². The Morgan fingerprint density at radius 2 is 2.18 bits per heavy atom. The van der Waals surface area contributed by atoms with Crippen molar-refractivity contribution in [2.24, 2.45) is 0 Å². The zero-order chi connectivity index (χ0) is 12.3. The van der Waals surface area contributed by atoms with E-state index in [1.165, 1.54) is 0 Å². The second kappa shape index (κ2) is 4.78. The van der Waals surface area contributed by atoms with Crippen LogP contribution in [-0.4, -0.2) is 34.4 Å². The molecule has 0 saturated heterocycles. The standard InChI is InChI=1S/C12H13N3O2/c1-2-15(8-11(16)17)12-10-6-4-3-5-9(10)7-13-14-12/h3-7H,2,8H2,1H3,(H,16,17). The number of benzene rings is 1. The first-order valence-electron chi connectivity index (χ1n) is 5.39. The molecule has 0 bridgehead atoms. The Kier molecular flexibility index (Phi) is 3.18. The van der Waals surface area contributed by atoms with Crippen LogP contribution >= 0.6 is 0 Å². The summed E-state index contributed by atoms with van der Waals surface area (Å²) < 4.78 is 0. The largest absolute Gasteiger partial charge is 0.480 e. The van der Waals surface area contributed by atoms with Crippen LogP contribution in [0.15, 0.2) is 30.5 Å². The molecule has 0 radical (unpaired) electrons. The topological polar surface area (TPSA) is 66.3 Å². The van der Waals surface area contributed by atoms with Crippen LogP contribution in [0, 0.1) is 0 Å². The minimum Gasteiger partial charge on any atom is -0.480 e. The van der Waals surface area contributed by atoms with Gasteiger partial charge < -0.3 is 10.0 Å². The van der Waals surface area contributed by atoms with Crippen molar-refractivity contribution >= 4 is 22.6 Å². The highest BCUT2D eigenvalue weighted by molar-refractivity contribution is 5.92. The van der Waals surface area contributed by atoms with E-state index >= 15 is 0 Å². The molecule has 0 aliphatic carbocycles. The van der Waals surface area contributed by atoms with Crippen LogP contribution in [0.1, 0.15) is 6.92 Å². The first-order valence-corrected chi connectivity index (χ1v) is 5.39.